The molecular weight excluding hydrogens is 326 g/mol. The molecule has 6 heteroatoms. The summed E-state index contributed by atoms with van der Waals surface area (Å²) in [5.74, 6) is 0.866. The maximum Gasteiger partial charge on any atom is 0.266 e. The second kappa shape index (κ2) is 6.54. The molecule has 0 aromatic heterocycles. The number of likely N-dealkylation sites (tertiary alicyclic amines) is 1. The Morgan fingerprint density at radius 2 is 1.75 bits per heavy atom. The van der Waals surface area contributed by atoms with Crippen LogP contribution in [0.2, 0.25) is 5.02 Å². The van der Waals surface area contributed by atoms with E-state index in [4.69, 9.17) is 16.3 Å². The van der Waals surface area contributed by atoms with Gasteiger partial charge >= 0.3 is 0 Å². The monoisotopic (exact) mass is 349 g/mol. The lowest BCUT2D eigenvalue weighted by atomic mass is 9.89. The quantitative estimate of drug-likeness (QED) is 0.873. The van der Waals surface area contributed by atoms with E-state index in [0.717, 1.165) is 26.2 Å². The van der Waals surface area contributed by atoms with Crippen molar-refractivity contribution in [3.8, 4) is 5.75 Å². The Morgan fingerprint density at radius 1 is 1.12 bits per heavy atom. The number of nitrogens with one attached hydrogen (secondary N) is 2. The lowest BCUT2D eigenvalue weighted by molar-refractivity contribution is -0.152. The molecule has 3 fully saturated rings. The Balaban J connectivity index is 1.56. The van der Waals surface area contributed by atoms with Gasteiger partial charge in [-0.25, -0.2) is 0 Å². The van der Waals surface area contributed by atoms with Crippen molar-refractivity contribution in [1.82, 2.24) is 15.5 Å². The van der Waals surface area contributed by atoms with E-state index in [1.54, 1.807) is 12.1 Å². The molecular formula is C18H24ClN3O2. The minimum absolute atomic E-state index is 0.150. The molecule has 24 heavy (non-hydrogen) atoms. The van der Waals surface area contributed by atoms with Crippen LogP contribution in [-0.4, -0.2) is 54.7 Å². The summed E-state index contributed by atoms with van der Waals surface area (Å²) in [6.07, 6.45) is 3.74. The van der Waals surface area contributed by atoms with Crippen LogP contribution >= 0.6 is 11.6 Å². The van der Waals surface area contributed by atoms with E-state index in [1.807, 2.05) is 17.0 Å². The lowest BCUT2D eigenvalue weighted by Gasteiger charge is -2.42. The number of piperazine rings is 1. The molecule has 5 nitrogen and oxygen atoms in total. The summed E-state index contributed by atoms with van der Waals surface area (Å²) in [7, 11) is 0. The number of amides is 1. The average molecular weight is 350 g/mol. The molecule has 0 saturated carbocycles. The van der Waals surface area contributed by atoms with Crippen molar-refractivity contribution in [3.05, 3.63) is 29.3 Å². The van der Waals surface area contributed by atoms with E-state index in [0.29, 0.717) is 35.7 Å². The van der Waals surface area contributed by atoms with Gasteiger partial charge in [-0.15, -0.1) is 0 Å². The molecule has 2 N–H and O–H groups in total. The molecule has 4 rings (SSSR count). The van der Waals surface area contributed by atoms with Gasteiger partial charge in [-0.2, -0.15) is 0 Å². The zero-order chi connectivity index (χ0) is 16.6. The van der Waals surface area contributed by atoms with Gasteiger partial charge in [0.1, 0.15) is 5.75 Å². The van der Waals surface area contributed by atoms with Crippen LogP contribution in [0.15, 0.2) is 24.3 Å². The number of hydrogen-bond acceptors (Lipinski definition) is 4. The summed E-state index contributed by atoms with van der Waals surface area (Å²) in [6.45, 7) is 3.21. The number of ether oxygens (including phenoxy) is 1. The van der Waals surface area contributed by atoms with Crippen molar-refractivity contribution in [2.45, 2.75) is 43.4 Å². The Kier molecular flexibility index (Phi) is 4.41. The zero-order valence-corrected chi connectivity index (χ0v) is 14.5. The van der Waals surface area contributed by atoms with E-state index < -0.39 is 5.60 Å². The van der Waals surface area contributed by atoms with E-state index in [2.05, 4.69) is 10.6 Å². The third-order valence-electron chi connectivity index (χ3n) is 5.43. The molecule has 1 aromatic carbocycles. The van der Waals surface area contributed by atoms with Gasteiger partial charge in [0.15, 0.2) is 5.60 Å². The first kappa shape index (κ1) is 16.2. The van der Waals surface area contributed by atoms with Gasteiger partial charge in [-0.1, -0.05) is 11.6 Å². The number of fused-ring (bicyclic) bond motifs is 2. The number of hydrogen-bond donors (Lipinski definition) is 2. The summed E-state index contributed by atoms with van der Waals surface area (Å²) in [6, 6.07) is 8.20. The fourth-order valence-corrected chi connectivity index (χ4v) is 4.30. The molecule has 3 heterocycles. The van der Waals surface area contributed by atoms with Gasteiger partial charge in [0.25, 0.3) is 5.91 Å². The highest BCUT2D eigenvalue weighted by Gasteiger charge is 2.47. The van der Waals surface area contributed by atoms with Crippen molar-refractivity contribution in [2.75, 3.05) is 26.2 Å². The van der Waals surface area contributed by atoms with Gasteiger partial charge in [0.2, 0.25) is 0 Å². The molecule has 1 aromatic rings. The van der Waals surface area contributed by atoms with Crippen LogP contribution in [0.5, 0.6) is 5.75 Å². The van der Waals surface area contributed by atoms with Crippen molar-refractivity contribution >= 4 is 17.5 Å². The minimum Gasteiger partial charge on any atom is -0.477 e. The number of nitrogens with zero attached hydrogens (tertiary/aromatic N) is 1. The SMILES string of the molecule is O=C(N1C[C@H]2CC[C@@H](C1)N2)C1(Oc2ccc(Cl)cc2)CCNCC1. The summed E-state index contributed by atoms with van der Waals surface area (Å²) in [5.41, 5.74) is -0.754. The predicted molar refractivity (Wildman–Crippen MR) is 93.4 cm³/mol. The molecule has 3 aliphatic rings. The second-order valence-corrected chi connectivity index (χ2v) is 7.58. The Labute approximate surface area is 147 Å². The first-order valence-electron chi connectivity index (χ1n) is 8.85. The fourth-order valence-electron chi connectivity index (χ4n) is 4.17. The molecule has 3 saturated heterocycles. The van der Waals surface area contributed by atoms with Crippen molar-refractivity contribution in [2.24, 2.45) is 0 Å². The van der Waals surface area contributed by atoms with Gasteiger partial charge in [-0.3, -0.25) is 4.79 Å². The minimum atomic E-state index is -0.754. The van der Waals surface area contributed by atoms with Gasteiger partial charge < -0.3 is 20.3 Å². The number of benzene rings is 1. The first-order chi connectivity index (χ1) is 11.6. The topological polar surface area (TPSA) is 53.6 Å². The van der Waals surface area contributed by atoms with Crippen LogP contribution in [0.4, 0.5) is 0 Å². The highest BCUT2D eigenvalue weighted by molar-refractivity contribution is 6.30. The summed E-state index contributed by atoms with van der Waals surface area (Å²) >= 11 is 5.96. The third-order valence-corrected chi connectivity index (χ3v) is 5.68. The van der Waals surface area contributed by atoms with Crippen molar-refractivity contribution in [3.63, 3.8) is 0 Å². The fraction of sp³-hybridized carbons (Fsp3) is 0.611. The first-order valence-corrected chi connectivity index (χ1v) is 9.23. The lowest BCUT2D eigenvalue weighted by Crippen LogP contribution is -2.62. The Hall–Kier alpha value is -1.30. The van der Waals surface area contributed by atoms with Crippen LogP contribution < -0.4 is 15.4 Å². The second-order valence-electron chi connectivity index (χ2n) is 7.15. The van der Waals surface area contributed by atoms with E-state index in [9.17, 15) is 4.79 Å². The molecule has 2 atom stereocenters. The highest BCUT2D eigenvalue weighted by Crippen LogP contribution is 2.31. The van der Waals surface area contributed by atoms with E-state index >= 15 is 0 Å². The summed E-state index contributed by atoms with van der Waals surface area (Å²) in [4.78, 5) is 15.4. The molecule has 0 spiro atoms. The maximum absolute atomic E-state index is 13.4. The summed E-state index contributed by atoms with van der Waals surface area (Å²) < 4.78 is 6.29. The molecule has 0 radical (unpaired) electrons. The number of carbonyl (C=O) groups excluding carboxylic acids is 1. The average Bonchev–Trinajstić information content (AvgIpc) is 2.95. The molecule has 130 valence electrons. The van der Waals surface area contributed by atoms with Crippen molar-refractivity contribution in [1.29, 1.82) is 0 Å². The van der Waals surface area contributed by atoms with Crippen LogP contribution in [0.1, 0.15) is 25.7 Å². The zero-order valence-electron chi connectivity index (χ0n) is 13.8. The summed E-state index contributed by atoms with van der Waals surface area (Å²) in [5, 5.41) is 7.60. The smallest absolute Gasteiger partial charge is 0.266 e. The largest absolute Gasteiger partial charge is 0.477 e. The highest BCUT2D eigenvalue weighted by atomic mass is 35.5. The Morgan fingerprint density at radius 3 is 2.38 bits per heavy atom. The molecule has 1 amide bonds. The van der Waals surface area contributed by atoms with Gasteiger partial charge in [0, 0.05) is 43.0 Å². The van der Waals surface area contributed by atoms with Crippen molar-refractivity contribution < 1.29 is 9.53 Å². The van der Waals surface area contributed by atoms with Gasteiger partial charge in [0.05, 0.1) is 0 Å². The number of halogens is 1. The molecule has 0 aliphatic carbocycles. The number of rotatable bonds is 3. The van der Waals surface area contributed by atoms with Crippen LogP contribution in [0.25, 0.3) is 0 Å². The molecule has 0 unspecified atom stereocenters. The van der Waals surface area contributed by atoms with E-state index in [-0.39, 0.29) is 5.91 Å². The van der Waals surface area contributed by atoms with Gasteiger partial charge in [-0.05, 0) is 50.2 Å². The third kappa shape index (κ3) is 3.13. The van der Waals surface area contributed by atoms with E-state index in [1.165, 1.54) is 12.8 Å². The predicted octanol–water partition coefficient (Wildman–Crippen LogP) is 1.80. The normalized spacial score (nSPS) is 28.6. The number of piperidine rings is 1. The van der Waals surface area contributed by atoms with Crippen LogP contribution in [0, 0.1) is 0 Å². The molecule has 2 bridgehead atoms. The Bertz CT molecular complexity index is 589. The maximum atomic E-state index is 13.4. The standard InChI is InChI=1S/C18H24ClN3O2/c19-13-1-5-16(6-2-13)24-18(7-9-20-10-8-18)17(23)22-11-14-3-4-15(12-22)21-14/h1-2,5-6,14-15,20-21H,3-4,7-12H2/t14-,15+. The van der Waals surface area contributed by atoms with Crippen LogP contribution in [0.3, 0.4) is 0 Å². The van der Waals surface area contributed by atoms with Crippen LogP contribution in [-0.2, 0) is 4.79 Å². The number of carbonyl (C=O) groups is 1. The molecule has 3 aliphatic heterocycles.